The molecule has 0 radical (unpaired) electrons. The molecule has 0 saturated carbocycles. The molecular formula is C25H24ClN5O4. The molecule has 3 N–H and O–H groups in total. The molecule has 2 aromatic carbocycles. The largest absolute Gasteiger partial charge is 0.511 e. The molecule has 9 nitrogen and oxygen atoms in total. The minimum atomic E-state index is -0.832. The lowest BCUT2D eigenvalue weighted by Gasteiger charge is -2.24. The normalized spacial score (nSPS) is 11.8. The fourth-order valence-corrected chi connectivity index (χ4v) is 3.73. The van der Waals surface area contributed by atoms with Crippen LogP contribution in [0.5, 0.6) is 5.75 Å². The van der Waals surface area contributed by atoms with Crippen LogP contribution < -0.4 is 15.8 Å². The van der Waals surface area contributed by atoms with Crippen LogP contribution in [0, 0.1) is 0 Å². The Morgan fingerprint density at radius 3 is 2.54 bits per heavy atom. The van der Waals surface area contributed by atoms with E-state index >= 15 is 0 Å². The number of anilines is 2. The number of hydrogen-bond donors (Lipinski definition) is 2. The number of hydrogen-bond acceptors (Lipinski definition) is 9. The maximum absolute atomic E-state index is 11.9. The molecule has 10 heteroatoms. The van der Waals surface area contributed by atoms with E-state index in [2.05, 4.69) is 20.3 Å². The van der Waals surface area contributed by atoms with Crippen LogP contribution in [0.15, 0.2) is 67.1 Å². The third kappa shape index (κ3) is 5.70. The Morgan fingerprint density at radius 2 is 1.77 bits per heavy atom. The quantitative estimate of drug-likeness (QED) is 0.190. The minimum absolute atomic E-state index is 0.317. The summed E-state index contributed by atoms with van der Waals surface area (Å²) in [5.41, 5.74) is 8.45. The van der Waals surface area contributed by atoms with Crippen molar-refractivity contribution in [1.82, 2.24) is 15.0 Å². The van der Waals surface area contributed by atoms with E-state index in [1.807, 2.05) is 36.4 Å². The van der Waals surface area contributed by atoms with Gasteiger partial charge in [0.15, 0.2) is 5.75 Å². The predicted octanol–water partition coefficient (Wildman–Crippen LogP) is 5.36. The molecule has 0 aliphatic rings. The van der Waals surface area contributed by atoms with Gasteiger partial charge in [-0.15, -0.1) is 0 Å². The van der Waals surface area contributed by atoms with Crippen molar-refractivity contribution < 1.29 is 19.0 Å². The molecule has 180 valence electrons. The molecule has 0 spiro atoms. The standard InChI is InChI=1S/C25H24ClN5O4/c1-15(2)35-25(32)34-14-33-23-18(10-9-16-6-4-11-28-21(16)23)22(31-24-29-12-5-13-30-24)17-7-3-8-19(27)20(17)26/h3-13,15,22H,14,27H2,1-2H3,(H,29,30,31). The first-order chi connectivity index (χ1) is 16.9. The zero-order valence-corrected chi connectivity index (χ0v) is 19.9. The number of rotatable bonds is 8. The lowest BCUT2D eigenvalue weighted by atomic mass is 9.95. The lowest BCUT2D eigenvalue weighted by Crippen LogP contribution is -2.19. The average molecular weight is 494 g/mol. The molecule has 0 saturated heterocycles. The summed E-state index contributed by atoms with van der Waals surface area (Å²) in [5.74, 6) is 0.771. The summed E-state index contributed by atoms with van der Waals surface area (Å²) in [5, 5.41) is 4.52. The molecule has 1 atom stereocenters. The number of nitrogens with zero attached hydrogens (tertiary/aromatic N) is 3. The maximum atomic E-state index is 11.9. The molecule has 35 heavy (non-hydrogen) atoms. The molecule has 4 aromatic rings. The molecule has 0 aliphatic carbocycles. The van der Waals surface area contributed by atoms with E-state index in [1.54, 1.807) is 44.6 Å². The lowest BCUT2D eigenvalue weighted by molar-refractivity contribution is -0.00807. The summed E-state index contributed by atoms with van der Waals surface area (Å²) < 4.78 is 16.1. The first-order valence-electron chi connectivity index (χ1n) is 10.9. The highest BCUT2D eigenvalue weighted by atomic mass is 35.5. The van der Waals surface area contributed by atoms with Crippen LogP contribution in [-0.4, -0.2) is 34.0 Å². The highest BCUT2D eigenvalue weighted by Gasteiger charge is 2.25. The molecule has 0 fully saturated rings. The van der Waals surface area contributed by atoms with Gasteiger partial charge in [-0.2, -0.15) is 0 Å². The summed E-state index contributed by atoms with van der Waals surface area (Å²) in [6.07, 6.45) is 3.76. The summed E-state index contributed by atoms with van der Waals surface area (Å²) in [6.45, 7) is 3.07. The van der Waals surface area contributed by atoms with Crippen molar-refractivity contribution in [2.45, 2.75) is 26.0 Å². The fourth-order valence-electron chi connectivity index (χ4n) is 3.49. The average Bonchev–Trinajstić information content (AvgIpc) is 2.85. The van der Waals surface area contributed by atoms with Crippen LogP contribution in [0.2, 0.25) is 5.02 Å². The van der Waals surface area contributed by atoms with Crippen LogP contribution >= 0.6 is 11.6 Å². The summed E-state index contributed by atoms with van der Waals surface area (Å²) in [7, 11) is 0. The van der Waals surface area contributed by atoms with Crippen LogP contribution in [0.3, 0.4) is 0 Å². The summed E-state index contributed by atoms with van der Waals surface area (Å²) in [4.78, 5) is 24.9. The second-order valence-corrected chi connectivity index (χ2v) is 8.16. The monoisotopic (exact) mass is 493 g/mol. The van der Waals surface area contributed by atoms with Crippen molar-refractivity contribution in [2.24, 2.45) is 0 Å². The Kier molecular flexibility index (Phi) is 7.47. The molecule has 0 aliphatic heterocycles. The minimum Gasteiger partial charge on any atom is -0.455 e. The Labute approximate surface area is 207 Å². The molecule has 2 heterocycles. The van der Waals surface area contributed by atoms with E-state index in [0.717, 1.165) is 5.39 Å². The molecule has 1 unspecified atom stereocenters. The van der Waals surface area contributed by atoms with Gasteiger partial charge in [-0.1, -0.05) is 41.9 Å². The van der Waals surface area contributed by atoms with Gasteiger partial charge in [-0.05, 0) is 37.6 Å². The number of carbonyl (C=O) groups excluding carboxylic acids is 1. The van der Waals surface area contributed by atoms with Crippen molar-refractivity contribution in [2.75, 3.05) is 17.8 Å². The summed E-state index contributed by atoms with van der Waals surface area (Å²) >= 11 is 6.62. The van der Waals surface area contributed by atoms with E-state index in [0.29, 0.717) is 39.1 Å². The van der Waals surface area contributed by atoms with Crippen molar-refractivity contribution >= 4 is 40.3 Å². The van der Waals surface area contributed by atoms with Crippen LogP contribution in [0.25, 0.3) is 10.9 Å². The number of fused-ring (bicyclic) bond motifs is 1. The molecule has 0 bridgehead atoms. The third-order valence-electron chi connectivity index (χ3n) is 4.99. The zero-order chi connectivity index (χ0) is 24.8. The molecule has 0 amide bonds. The van der Waals surface area contributed by atoms with Gasteiger partial charge in [0.2, 0.25) is 12.7 Å². The Hall–Kier alpha value is -4.11. The van der Waals surface area contributed by atoms with E-state index in [9.17, 15) is 4.79 Å². The Balaban J connectivity index is 1.79. The predicted molar refractivity (Wildman–Crippen MR) is 133 cm³/mol. The highest BCUT2D eigenvalue weighted by Crippen LogP contribution is 2.40. The SMILES string of the molecule is CC(C)OC(=O)OCOc1c(C(Nc2ncccn2)c2cccc(N)c2Cl)ccc2cccnc12. The van der Waals surface area contributed by atoms with Gasteiger partial charge in [0.25, 0.3) is 0 Å². The maximum Gasteiger partial charge on any atom is 0.511 e. The number of carbonyl (C=O) groups is 1. The van der Waals surface area contributed by atoms with Gasteiger partial charge in [0, 0.05) is 29.5 Å². The van der Waals surface area contributed by atoms with Crippen molar-refractivity contribution in [3.8, 4) is 5.75 Å². The van der Waals surface area contributed by atoms with E-state index in [-0.39, 0.29) is 12.9 Å². The number of nitrogens with two attached hydrogens (primary N) is 1. The van der Waals surface area contributed by atoms with Gasteiger partial charge in [-0.25, -0.2) is 14.8 Å². The van der Waals surface area contributed by atoms with Crippen LogP contribution in [-0.2, 0) is 9.47 Å². The number of benzene rings is 2. The number of pyridine rings is 1. The van der Waals surface area contributed by atoms with Crippen molar-refractivity contribution in [1.29, 1.82) is 0 Å². The third-order valence-corrected chi connectivity index (χ3v) is 5.43. The number of aromatic nitrogens is 3. The van der Waals surface area contributed by atoms with Gasteiger partial charge in [0.05, 0.1) is 22.9 Å². The van der Waals surface area contributed by atoms with Gasteiger partial charge >= 0.3 is 6.16 Å². The number of nitrogens with one attached hydrogen (secondary N) is 1. The van der Waals surface area contributed by atoms with E-state index < -0.39 is 12.2 Å². The van der Waals surface area contributed by atoms with Gasteiger partial charge in [-0.3, -0.25) is 4.98 Å². The fraction of sp³-hybridized carbons (Fsp3) is 0.200. The van der Waals surface area contributed by atoms with Crippen molar-refractivity contribution in [3.63, 3.8) is 0 Å². The smallest absolute Gasteiger partial charge is 0.455 e. The molecule has 4 rings (SSSR count). The van der Waals surface area contributed by atoms with Crippen molar-refractivity contribution in [3.05, 3.63) is 83.3 Å². The first kappa shape index (κ1) is 24.0. The second-order valence-electron chi connectivity index (χ2n) is 7.78. The van der Waals surface area contributed by atoms with Crippen LogP contribution in [0.4, 0.5) is 16.4 Å². The van der Waals surface area contributed by atoms with Gasteiger partial charge in [0.1, 0.15) is 5.52 Å². The van der Waals surface area contributed by atoms with E-state index in [1.165, 1.54) is 0 Å². The van der Waals surface area contributed by atoms with E-state index in [4.69, 9.17) is 31.5 Å². The number of nitrogen functional groups attached to an aromatic ring is 1. The van der Waals surface area contributed by atoms with Gasteiger partial charge < -0.3 is 25.3 Å². The second kappa shape index (κ2) is 10.9. The first-order valence-corrected chi connectivity index (χ1v) is 11.2. The summed E-state index contributed by atoms with van der Waals surface area (Å²) in [6, 6.07) is 14.0. The highest BCUT2D eigenvalue weighted by molar-refractivity contribution is 6.34. The number of ether oxygens (including phenoxy) is 3. The molecule has 2 aromatic heterocycles. The zero-order valence-electron chi connectivity index (χ0n) is 19.1. The number of halogens is 1. The van der Waals surface area contributed by atoms with Crippen LogP contribution in [0.1, 0.15) is 31.0 Å². The Morgan fingerprint density at radius 1 is 1.00 bits per heavy atom. The topological polar surface area (TPSA) is 121 Å². The molecular weight excluding hydrogens is 470 g/mol. The Bertz CT molecular complexity index is 1320.